The lowest BCUT2D eigenvalue weighted by Gasteiger charge is -2.19. The molecule has 2 aromatic carbocycles. The molecule has 0 saturated heterocycles. The van der Waals surface area contributed by atoms with Crippen LogP contribution in [0.4, 0.5) is 4.39 Å². The summed E-state index contributed by atoms with van der Waals surface area (Å²) in [5.41, 5.74) is 1.47. The van der Waals surface area contributed by atoms with Crippen LogP contribution in [0.5, 0.6) is 17.2 Å². The highest BCUT2D eigenvalue weighted by molar-refractivity contribution is 14.0. The van der Waals surface area contributed by atoms with Gasteiger partial charge in [0.1, 0.15) is 11.5 Å². The molecule has 0 amide bonds. The van der Waals surface area contributed by atoms with Crippen LogP contribution in [0.25, 0.3) is 0 Å². The van der Waals surface area contributed by atoms with Gasteiger partial charge in [-0.1, -0.05) is 6.07 Å². The Balaban J connectivity index is 0.00000320. The van der Waals surface area contributed by atoms with Gasteiger partial charge in [0.2, 0.25) is 0 Å². The van der Waals surface area contributed by atoms with E-state index in [2.05, 4.69) is 15.6 Å². The Hall–Kier alpha value is -2.23. The molecule has 3 rings (SSSR count). The molecule has 0 bridgehead atoms. The van der Waals surface area contributed by atoms with Crippen molar-refractivity contribution in [1.82, 2.24) is 10.6 Å². The molecule has 0 aromatic heterocycles. The van der Waals surface area contributed by atoms with Crippen molar-refractivity contribution in [1.29, 1.82) is 0 Å². The topological polar surface area (TPSA) is 75.1 Å². The van der Waals surface area contributed by atoms with Crippen LogP contribution < -0.4 is 20.1 Å². The molecule has 30 heavy (non-hydrogen) atoms. The van der Waals surface area contributed by atoms with Crippen molar-refractivity contribution < 1.29 is 19.0 Å². The van der Waals surface area contributed by atoms with E-state index in [0.717, 1.165) is 5.56 Å². The quantitative estimate of drug-likeness (QED) is 0.269. The van der Waals surface area contributed by atoms with Gasteiger partial charge in [0.25, 0.3) is 0 Å². The first kappa shape index (κ1) is 24.0. The number of nitrogens with zero attached hydrogens (tertiary/aromatic N) is 1. The standard InChI is InChI=1S/C22H28FN3O3.HI/c1-14(16-6-9-21(19(23)11-16)29-13-15-4-5-15)26-22(24-2)25-12-17-10-18(28-3)7-8-20(17)27;/h6-11,14-15,27H,4-5,12-13H2,1-3H3,(H2,24,25,26);1H. The molecule has 1 fully saturated rings. The summed E-state index contributed by atoms with van der Waals surface area (Å²) in [6, 6.07) is 9.88. The fraction of sp³-hybridized carbons (Fsp3) is 0.409. The zero-order valence-corrected chi connectivity index (χ0v) is 19.8. The Morgan fingerprint density at radius 2 is 2.03 bits per heavy atom. The molecule has 0 spiro atoms. The van der Waals surface area contributed by atoms with E-state index in [1.807, 2.05) is 13.0 Å². The van der Waals surface area contributed by atoms with Gasteiger partial charge in [-0.25, -0.2) is 4.39 Å². The van der Waals surface area contributed by atoms with Crippen molar-refractivity contribution in [3.63, 3.8) is 0 Å². The van der Waals surface area contributed by atoms with Crippen LogP contribution in [0.3, 0.4) is 0 Å². The van der Waals surface area contributed by atoms with Crippen molar-refractivity contribution >= 4 is 29.9 Å². The van der Waals surface area contributed by atoms with Crippen molar-refractivity contribution in [2.45, 2.75) is 32.4 Å². The number of halogens is 2. The molecule has 0 radical (unpaired) electrons. The number of hydrogen-bond acceptors (Lipinski definition) is 4. The van der Waals surface area contributed by atoms with E-state index < -0.39 is 0 Å². The first-order valence-corrected chi connectivity index (χ1v) is 9.75. The van der Waals surface area contributed by atoms with Crippen molar-refractivity contribution in [3.8, 4) is 17.2 Å². The minimum absolute atomic E-state index is 0. The molecular weight excluding hydrogens is 500 g/mol. The second kappa shape index (κ2) is 11.2. The van der Waals surface area contributed by atoms with E-state index in [-0.39, 0.29) is 41.6 Å². The Morgan fingerprint density at radius 3 is 2.67 bits per heavy atom. The summed E-state index contributed by atoms with van der Waals surface area (Å²) in [5, 5.41) is 16.4. The summed E-state index contributed by atoms with van der Waals surface area (Å²) < 4.78 is 25.1. The fourth-order valence-electron chi connectivity index (χ4n) is 2.89. The predicted molar refractivity (Wildman–Crippen MR) is 126 cm³/mol. The SMILES string of the molecule is CN=C(NCc1cc(OC)ccc1O)NC(C)c1ccc(OCC2CC2)c(F)c1.I. The molecule has 0 aliphatic heterocycles. The second-order valence-electron chi connectivity index (χ2n) is 7.23. The summed E-state index contributed by atoms with van der Waals surface area (Å²) in [4.78, 5) is 4.20. The van der Waals surface area contributed by atoms with Crippen LogP contribution in [0.1, 0.15) is 36.9 Å². The summed E-state index contributed by atoms with van der Waals surface area (Å²) in [6.07, 6.45) is 2.33. The van der Waals surface area contributed by atoms with Crippen LogP contribution in [0.15, 0.2) is 41.4 Å². The zero-order valence-electron chi connectivity index (χ0n) is 17.4. The van der Waals surface area contributed by atoms with Crippen molar-refractivity contribution in [2.75, 3.05) is 20.8 Å². The Bertz CT molecular complexity index is 875. The zero-order chi connectivity index (χ0) is 20.8. The van der Waals surface area contributed by atoms with E-state index in [0.29, 0.717) is 42.1 Å². The first-order chi connectivity index (χ1) is 14.0. The number of benzene rings is 2. The summed E-state index contributed by atoms with van der Waals surface area (Å²) >= 11 is 0. The third kappa shape index (κ3) is 6.65. The number of aromatic hydroxyl groups is 1. The number of ether oxygens (including phenoxy) is 2. The van der Waals surface area contributed by atoms with Gasteiger partial charge < -0.3 is 25.2 Å². The van der Waals surface area contributed by atoms with Crippen molar-refractivity contribution in [3.05, 3.63) is 53.3 Å². The van der Waals surface area contributed by atoms with Gasteiger partial charge in [-0.3, -0.25) is 4.99 Å². The van der Waals surface area contributed by atoms with E-state index in [1.54, 1.807) is 38.4 Å². The number of phenolic OH excluding ortho intramolecular Hbond substituents is 1. The Labute approximate surface area is 193 Å². The molecule has 1 atom stereocenters. The summed E-state index contributed by atoms with van der Waals surface area (Å²) in [6.45, 7) is 2.87. The Morgan fingerprint density at radius 1 is 1.27 bits per heavy atom. The average molecular weight is 529 g/mol. The predicted octanol–water partition coefficient (Wildman–Crippen LogP) is 4.37. The normalized spacial score (nSPS) is 14.5. The van der Waals surface area contributed by atoms with Gasteiger partial charge in [-0.2, -0.15) is 0 Å². The lowest BCUT2D eigenvalue weighted by Crippen LogP contribution is -2.38. The van der Waals surface area contributed by atoms with Crippen LogP contribution in [-0.2, 0) is 6.54 Å². The molecule has 1 aliphatic rings. The molecule has 1 aliphatic carbocycles. The monoisotopic (exact) mass is 529 g/mol. The van der Waals surface area contributed by atoms with E-state index in [4.69, 9.17) is 9.47 Å². The number of hydrogen-bond donors (Lipinski definition) is 3. The van der Waals surface area contributed by atoms with E-state index >= 15 is 0 Å². The average Bonchev–Trinajstić information content (AvgIpc) is 3.55. The maximum Gasteiger partial charge on any atom is 0.191 e. The number of methoxy groups -OCH3 is 1. The smallest absolute Gasteiger partial charge is 0.191 e. The van der Waals surface area contributed by atoms with E-state index in [1.165, 1.54) is 18.9 Å². The molecule has 1 unspecified atom stereocenters. The number of nitrogens with one attached hydrogen (secondary N) is 2. The van der Waals surface area contributed by atoms with Crippen LogP contribution in [0, 0.1) is 11.7 Å². The molecular formula is C22H29FIN3O3. The van der Waals surface area contributed by atoms with Gasteiger partial charge in [-0.15, -0.1) is 24.0 Å². The molecule has 0 heterocycles. The highest BCUT2D eigenvalue weighted by Crippen LogP contribution is 2.30. The van der Waals surface area contributed by atoms with Gasteiger partial charge in [0, 0.05) is 19.2 Å². The van der Waals surface area contributed by atoms with Gasteiger partial charge in [0.05, 0.1) is 19.8 Å². The maximum absolute atomic E-state index is 14.3. The molecule has 6 nitrogen and oxygen atoms in total. The van der Waals surface area contributed by atoms with Crippen LogP contribution in [0.2, 0.25) is 0 Å². The first-order valence-electron chi connectivity index (χ1n) is 9.75. The molecule has 2 aromatic rings. The van der Waals surface area contributed by atoms with E-state index in [9.17, 15) is 9.50 Å². The minimum Gasteiger partial charge on any atom is -0.508 e. The number of phenols is 1. The van der Waals surface area contributed by atoms with Gasteiger partial charge >= 0.3 is 0 Å². The number of aliphatic imine (C=N–C) groups is 1. The molecule has 1 saturated carbocycles. The lowest BCUT2D eigenvalue weighted by atomic mass is 10.1. The minimum atomic E-state index is -0.360. The largest absolute Gasteiger partial charge is 0.508 e. The molecule has 8 heteroatoms. The Kier molecular flexibility index (Phi) is 9.01. The molecule has 164 valence electrons. The maximum atomic E-state index is 14.3. The van der Waals surface area contributed by atoms with Gasteiger partial charge in [-0.05, 0) is 61.6 Å². The molecule has 3 N–H and O–H groups in total. The highest BCUT2D eigenvalue weighted by atomic mass is 127. The third-order valence-corrected chi connectivity index (χ3v) is 4.94. The second-order valence-corrected chi connectivity index (χ2v) is 7.23. The lowest BCUT2D eigenvalue weighted by molar-refractivity contribution is 0.285. The summed E-state index contributed by atoms with van der Waals surface area (Å²) in [5.74, 6) is 1.88. The van der Waals surface area contributed by atoms with Gasteiger partial charge in [0.15, 0.2) is 17.5 Å². The highest BCUT2D eigenvalue weighted by Gasteiger charge is 2.22. The fourth-order valence-corrected chi connectivity index (χ4v) is 2.89. The van der Waals surface area contributed by atoms with Crippen LogP contribution in [-0.4, -0.2) is 31.8 Å². The third-order valence-electron chi connectivity index (χ3n) is 4.94. The van der Waals surface area contributed by atoms with Crippen LogP contribution >= 0.6 is 24.0 Å². The summed E-state index contributed by atoms with van der Waals surface area (Å²) in [7, 11) is 3.23. The number of rotatable bonds is 8. The van der Waals surface area contributed by atoms with Crippen molar-refractivity contribution in [2.24, 2.45) is 10.9 Å². The number of guanidine groups is 1.